The lowest BCUT2D eigenvalue weighted by Crippen LogP contribution is -2.35. The van der Waals surface area contributed by atoms with Crippen LogP contribution in [0.25, 0.3) is 17.0 Å². The molecule has 1 amide bonds. The lowest BCUT2D eigenvalue weighted by molar-refractivity contribution is -0.115. The molecule has 0 saturated heterocycles. The number of para-hydroxylation sites is 1. The Morgan fingerprint density at radius 3 is 2.59 bits per heavy atom. The maximum atomic E-state index is 12.8. The molecule has 2 aromatic carbocycles. The molecule has 0 aliphatic carbocycles. The van der Waals surface area contributed by atoms with Crippen LogP contribution in [-0.4, -0.2) is 47.6 Å². The summed E-state index contributed by atoms with van der Waals surface area (Å²) in [5.41, 5.74) is 4.53. The molecule has 0 saturated carbocycles. The van der Waals surface area contributed by atoms with E-state index in [9.17, 15) is 4.79 Å². The van der Waals surface area contributed by atoms with E-state index in [1.54, 1.807) is 20.3 Å². The number of H-pyrrole nitrogens is 1. The number of aromatic nitrogens is 3. The van der Waals surface area contributed by atoms with Crippen molar-refractivity contribution in [3.63, 3.8) is 0 Å². The highest BCUT2D eigenvalue weighted by Crippen LogP contribution is 2.23. The van der Waals surface area contributed by atoms with Crippen molar-refractivity contribution in [2.45, 2.75) is 20.3 Å². The number of guanidine groups is 1. The number of benzene rings is 2. The van der Waals surface area contributed by atoms with Crippen LogP contribution in [0.4, 0.5) is 5.95 Å². The van der Waals surface area contributed by atoms with Crippen molar-refractivity contribution in [2.24, 2.45) is 4.99 Å². The van der Waals surface area contributed by atoms with Crippen molar-refractivity contribution in [1.29, 1.82) is 0 Å². The molecular weight excluding hydrogens is 468 g/mol. The molecule has 9 heteroatoms. The Bertz CT molecular complexity index is 1440. The van der Waals surface area contributed by atoms with E-state index in [0.717, 1.165) is 39.2 Å². The van der Waals surface area contributed by atoms with E-state index in [-0.39, 0.29) is 11.9 Å². The first-order chi connectivity index (χ1) is 17.9. The average molecular weight is 499 g/mol. The van der Waals surface area contributed by atoms with Gasteiger partial charge in [-0.25, -0.2) is 9.97 Å². The fourth-order valence-electron chi connectivity index (χ4n) is 3.91. The molecule has 3 N–H and O–H groups in total. The molecule has 37 heavy (non-hydrogen) atoms. The Morgan fingerprint density at radius 1 is 1.05 bits per heavy atom. The summed E-state index contributed by atoms with van der Waals surface area (Å²) in [5.74, 6) is 1.76. The van der Waals surface area contributed by atoms with Gasteiger partial charge in [-0.15, -0.1) is 0 Å². The van der Waals surface area contributed by atoms with Crippen LogP contribution in [0.5, 0.6) is 11.5 Å². The summed E-state index contributed by atoms with van der Waals surface area (Å²) in [6.07, 6.45) is 5.76. The highest BCUT2D eigenvalue weighted by Gasteiger charge is 2.09. The number of anilines is 1. The number of aryl methyl sites for hydroxylation is 2. The third kappa shape index (κ3) is 6.72. The molecule has 0 spiro atoms. The summed E-state index contributed by atoms with van der Waals surface area (Å²) in [7, 11) is 3.24. The highest BCUT2D eigenvalue weighted by atomic mass is 16.5. The predicted molar refractivity (Wildman–Crippen MR) is 146 cm³/mol. The molecule has 0 aliphatic rings. The van der Waals surface area contributed by atoms with Crippen molar-refractivity contribution in [2.75, 3.05) is 26.1 Å². The monoisotopic (exact) mass is 498 g/mol. The van der Waals surface area contributed by atoms with E-state index in [2.05, 4.69) is 30.6 Å². The van der Waals surface area contributed by atoms with E-state index in [0.29, 0.717) is 24.7 Å². The number of nitrogens with zero attached hydrogens (tertiary/aromatic N) is 3. The van der Waals surface area contributed by atoms with E-state index >= 15 is 0 Å². The van der Waals surface area contributed by atoms with E-state index in [4.69, 9.17) is 9.47 Å². The maximum Gasteiger partial charge on any atom is 0.250 e. The molecule has 190 valence electrons. The molecule has 4 aromatic rings. The molecule has 2 aromatic heterocycles. The zero-order valence-electron chi connectivity index (χ0n) is 21.3. The number of aliphatic imine (C=N–C) groups is 1. The van der Waals surface area contributed by atoms with Crippen LogP contribution in [-0.2, 0) is 11.2 Å². The van der Waals surface area contributed by atoms with Gasteiger partial charge in [-0.1, -0.05) is 18.2 Å². The first-order valence-electron chi connectivity index (χ1n) is 11.8. The molecule has 0 bridgehead atoms. The van der Waals surface area contributed by atoms with E-state index < -0.39 is 0 Å². The highest BCUT2D eigenvalue weighted by molar-refractivity contribution is 6.08. The van der Waals surface area contributed by atoms with Crippen LogP contribution >= 0.6 is 0 Å². The Balaban J connectivity index is 1.51. The van der Waals surface area contributed by atoms with Gasteiger partial charge in [0.2, 0.25) is 11.9 Å². The van der Waals surface area contributed by atoms with Crippen molar-refractivity contribution in [3.05, 3.63) is 83.3 Å². The Morgan fingerprint density at radius 2 is 1.84 bits per heavy atom. The Labute approximate surface area is 215 Å². The molecule has 0 atom stereocenters. The first-order valence-corrected chi connectivity index (χ1v) is 11.8. The quantitative estimate of drug-likeness (QED) is 0.188. The number of carbonyl (C=O) groups is 1. The van der Waals surface area contributed by atoms with Crippen LogP contribution in [0.3, 0.4) is 0 Å². The summed E-state index contributed by atoms with van der Waals surface area (Å²) in [4.78, 5) is 29.5. The topological polar surface area (TPSA) is 114 Å². The second kappa shape index (κ2) is 11.9. The first kappa shape index (κ1) is 25.4. The molecule has 9 nitrogen and oxygen atoms in total. The molecule has 0 aliphatic heterocycles. The number of amides is 1. The summed E-state index contributed by atoms with van der Waals surface area (Å²) >= 11 is 0. The third-order valence-electron chi connectivity index (χ3n) is 5.63. The van der Waals surface area contributed by atoms with Gasteiger partial charge in [0.1, 0.15) is 11.5 Å². The largest absolute Gasteiger partial charge is 0.497 e. The summed E-state index contributed by atoms with van der Waals surface area (Å²) in [6, 6.07) is 15.3. The van der Waals surface area contributed by atoms with Crippen molar-refractivity contribution in [3.8, 4) is 11.5 Å². The lowest BCUT2D eigenvalue weighted by atomic mass is 10.1. The summed E-state index contributed by atoms with van der Waals surface area (Å²) < 4.78 is 10.6. The summed E-state index contributed by atoms with van der Waals surface area (Å²) in [5, 5.41) is 6.97. The van der Waals surface area contributed by atoms with Crippen molar-refractivity contribution >= 4 is 34.8 Å². The second-order valence-corrected chi connectivity index (χ2v) is 8.37. The number of aromatic amines is 1. The smallest absolute Gasteiger partial charge is 0.250 e. The van der Waals surface area contributed by atoms with E-state index in [1.807, 2.05) is 68.6 Å². The van der Waals surface area contributed by atoms with Crippen LogP contribution in [0.15, 0.2) is 65.8 Å². The Hall–Kier alpha value is -4.66. The van der Waals surface area contributed by atoms with Gasteiger partial charge in [0.25, 0.3) is 5.91 Å². The fraction of sp³-hybridized carbons (Fsp3) is 0.214. The Kier molecular flexibility index (Phi) is 8.15. The zero-order valence-corrected chi connectivity index (χ0v) is 21.3. The second-order valence-electron chi connectivity index (χ2n) is 8.37. The van der Waals surface area contributed by atoms with Crippen LogP contribution < -0.4 is 20.1 Å². The molecular formula is C28H30N6O3. The number of hydrogen-bond acceptors (Lipinski definition) is 6. The van der Waals surface area contributed by atoms with Crippen LogP contribution in [0, 0.1) is 13.8 Å². The molecule has 4 rings (SSSR count). The number of carbonyl (C=O) groups excluding carboxylic acids is 1. The van der Waals surface area contributed by atoms with Crippen LogP contribution in [0.1, 0.15) is 22.5 Å². The minimum absolute atomic E-state index is 0.265. The summed E-state index contributed by atoms with van der Waals surface area (Å²) in [6.45, 7) is 4.21. The van der Waals surface area contributed by atoms with Gasteiger partial charge in [-0.3, -0.25) is 20.4 Å². The number of hydrogen-bond donors (Lipinski definition) is 3. The molecule has 0 radical (unpaired) electrons. The average Bonchev–Trinajstić information content (AvgIpc) is 3.29. The number of fused-ring (bicyclic) bond motifs is 1. The normalized spacial score (nSPS) is 11.6. The fourth-order valence-corrected chi connectivity index (χ4v) is 3.91. The van der Waals surface area contributed by atoms with Gasteiger partial charge in [-0.2, -0.15) is 0 Å². The van der Waals surface area contributed by atoms with E-state index in [1.165, 1.54) is 6.08 Å². The van der Waals surface area contributed by atoms with Crippen LogP contribution in [0.2, 0.25) is 0 Å². The number of rotatable bonds is 8. The van der Waals surface area contributed by atoms with Gasteiger partial charge in [0.15, 0.2) is 0 Å². The van der Waals surface area contributed by atoms with Gasteiger partial charge < -0.3 is 14.5 Å². The van der Waals surface area contributed by atoms with Gasteiger partial charge in [-0.05, 0) is 56.2 Å². The minimum Gasteiger partial charge on any atom is -0.497 e. The van der Waals surface area contributed by atoms with Gasteiger partial charge in [0, 0.05) is 52.7 Å². The van der Waals surface area contributed by atoms with Gasteiger partial charge in [0.05, 0.1) is 14.2 Å². The molecule has 0 fully saturated rings. The number of nitrogens with one attached hydrogen (secondary N) is 3. The van der Waals surface area contributed by atoms with Crippen molar-refractivity contribution < 1.29 is 14.3 Å². The number of methoxy groups -OCH3 is 2. The maximum absolute atomic E-state index is 12.8. The number of ether oxygens (including phenoxy) is 2. The third-order valence-corrected chi connectivity index (χ3v) is 5.63. The minimum atomic E-state index is -0.347. The lowest BCUT2D eigenvalue weighted by Gasteiger charge is -2.10. The van der Waals surface area contributed by atoms with Gasteiger partial charge >= 0.3 is 0 Å². The molecule has 2 heterocycles. The van der Waals surface area contributed by atoms with Crippen molar-refractivity contribution in [1.82, 2.24) is 20.3 Å². The SMILES string of the molecule is COc1ccc2c(CCN=C(NC(=O)/C=C\c3ccccc3OC)Nc3nc(C)cc(C)n3)c[nH]c2c1. The zero-order chi connectivity index (χ0) is 26.2. The standard InChI is InChI=1S/C28H30N6O3/c1-18-15-19(2)32-28(31-18)34-27(33-26(35)12-9-20-7-5-6-8-25(20)37-4)29-14-13-21-17-30-24-16-22(36-3)10-11-23(21)24/h5-12,15-17,30H,13-14H2,1-4H3,(H2,29,31,32,33,34,35)/b12-9-. The predicted octanol–water partition coefficient (Wildman–Crippen LogP) is 4.43. The molecule has 0 unspecified atom stereocenters.